The zero-order valence-corrected chi connectivity index (χ0v) is 29.9. The lowest BCUT2D eigenvalue weighted by atomic mass is 10.00. The van der Waals surface area contributed by atoms with E-state index in [1.54, 1.807) is 0 Å². The molecule has 3 aromatic heterocycles. The Morgan fingerprint density at radius 1 is 0.481 bits per heavy atom. The van der Waals surface area contributed by atoms with Crippen molar-refractivity contribution in [3.8, 4) is 51.0 Å². The molecule has 0 aliphatic rings. The van der Waals surface area contributed by atoms with Crippen LogP contribution in [0.15, 0.2) is 168 Å². The summed E-state index contributed by atoms with van der Waals surface area (Å²) in [6.07, 6.45) is 3.43. The van der Waals surface area contributed by atoms with Crippen LogP contribution in [0.2, 0.25) is 0 Å². The van der Waals surface area contributed by atoms with Gasteiger partial charge >= 0.3 is 0 Å². The second-order valence-corrected chi connectivity index (χ2v) is 13.9. The lowest BCUT2D eigenvalue weighted by Gasteiger charge is -2.15. The Kier molecular flexibility index (Phi) is 7.84. The monoisotopic (exact) mass is 696 g/mol. The smallest absolute Gasteiger partial charge is 0.166 e. The second-order valence-electron chi connectivity index (χ2n) is 13.9. The van der Waals surface area contributed by atoms with E-state index in [2.05, 4.69) is 115 Å². The number of furan rings is 1. The number of aryl methyl sites for hydroxylation is 1. The molecule has 0 saturated heterocycles. The van der Waals surface area contributed by atoms with E-state index in [1.807, 2.05) is 60.7 Å². The predicted molar refractivity (Wildman–Crippen MR) is 222 cm³/mol. The zero-order chi connectivity index (χ0) is 36.0. The van der Waals surface area contributed by atoms with Crippen LogP contribution in [0.25, 0.3) is 94.7 Å². The van der Waals surface area contributed by atoms with E-state index >= 15 is 0 Å². The van der Waals surface area contributed by atoms with E-state index < -0.39 is 0 Å². The van der Waals surface area contributed by atoms with Gasteiger partial charge in [-0.05, 0) is 60.4 Å². The summed E-state index contributed by atoms with van der Waals surface area (Å²) in [6, 6.07) is 57.2. The Hall–Kier alpha value is -6.85. The van der Waals surface area contributed by atoms with E-state index in [-0.39, 0.29) is 0 Å². The van der Waals surface area contributed by atoms with Gasteiger partial charge in [-0.3, -0.25) is 0 Å². The van der Waals surface area contributed by atoms with Gasteiger partial charge in [0, 0.05) is 43.8 Å². The van der Waals surface area contributed by atoms with E-state index in [1.165, 1.54) is 34.6 Å². The van der Waals surface area contributed by atoms with Gasteiger partial charge < -0.3 is 8.98 Å². The summed E-state index contributed by atoms with van der Waals surface area (Å²) in [5.41, 5.74) is 11.3. The predicted octanol–water partition coefficient (Wildman–Crippen LogP) is 12.9. The first-order chi connectivity index (χ1) is 26.7. The van der Waals surface area contributed by atoms with Crippen molar-refractivity contribution in [1.82, 2.24) is 19.5 Å². The molecule has 3 heterocycles. The summed E-state index contributed by atoms with van der Waals surface area (Å²) in [5, 5.41) is 4.67. The summed E-state index contributed by atoms with van der Waals surface area (Å²) in [6.45, 7) is 2.24. The molecule has 10 rings (SSSR count). The number of aromatic nitrogens is 4. The molecule has 0 amide bonds. The van der Waals surface area contributed by atoms with Gasteiger partial charge in [0.25, 0.3) is 0 Å². The summed E-state index contributed by atoms with van der Waals surface area (Å²) in [4.78, 5) is 15.2. The molecule has 258 valence electrons. The fourth-order valence-corrected chi connectivity index (χ4v) is 7.79. The van der Waals surface area contributed by atoms with Crippen LogP contribution < -0.4 is 0 Å². The van der Waals surface area contributed by atoms with Crippen molar-refractivity contribution >= 4 is 43.7 Å². The maximum absolute atomic E-state index is 6.63. The molecule has 5 heteroatoms. The van der Waals surface area contributed by atoms with Crippen LogP contribution in [0, 0.1) is 0 Å². The van der Waals surface area contributed by atoms with Gasteiger partial charge in [0.05, 0.1) is 16.7 Å². The molecular formula is C49H36N4O. The summed E-state index contributed by atoms with van der Waals surface area (Å²) in [7, 11) is 0. The highest BCUT2D eigenvalue weighted by atomic mass is 16.3. The van der Waals surface area contributed by atoms with E-state index in [0.717, 1.165) is 67.5 Å². The standard InChI is InChI=1S/C49H36N4O/c1-2-3-15-32-26-29-45-41(30-32)39-23-14-22-36(46(39)54-45)35-27-28-38-37-20-10-12-24-42(37)53(44(38)31-35)43-25-13-11-21-40(43)49-51-47(33-16-6-4-7-17-33)50-48(52-49)34-18-8-5-9-19-34/h4-14,16-31H,2-3,15H2,1H3. The fourth-order valence-electron chi connectivity index (χ4n) is 7.79. The zero-order valence-electron chi connectivity index (χ0n) is 29.9. The maximum Gasteiger partial charge on any atom is 0.166 e. The summed E-state index contributed by atoms with van der Waals surface area (Å²) < 4.78 is 8.98. The van der Waals surface area contributed by atoms with Crippen LogP contribution in [-0.4, -0.2) is 19.5 Å². The molecule has 0 spiro atoms. The first kappa shape index (κ1) is 31.9. The first-order valence-electron chi connectivity index (χ1n) is 18.7. The lowest BCUT2D eigenvalue weighted by Crippen LogP contribution is -2.03. The molecule has 7 aromatic carbocycles. The van der Waals surface area contributed by atoms with Crippen molar-refractivity contribution in [1.29, 1.82) is 0 Å². The van der Waals surface area contributed by atoms with Crippen LogP contribution in [0.3, 0.4) is 0 Å². The highest BCUT2D eigenvalue weighted by molar-refractivity contribution is 6.13. The molecule has 10 aromatic rings. The summed E-state index contributed by atoms with van der Waals surface area (Å²) >= 11 is 0. The van der Waals surface area contributed by atoms with Crippen molar-refractivity contribution in [2.24, 2.45) is 0 Å². The third-order valence-electron chi connectivity index (χ3n) is 10.5. The maximum atomic E-state index is 6.63. The molecule has 0 aliphatic heterocycles. The van der Waals surface area contributed by atoms with Crippen LogP contribution >= 0.6 is 0 Å². The molecule has 0 fully saturated rings. The molecule has 0 N–H and O–H groups in total. The number of hydrogen-bond acceptors (Lipinski definition) is 4. The minimum Gasteiger partial charge on any atom is -0.455 e. The molecule has 0 radical (unpaired) electrons. The number of unbranched alkanes of at least 4 members (excludes halogenated alkanes) is 1. The number of rotatable bonds is 8. The lowest BCUT2D eigenvalue weighted by molar-refractivity contribution is 0.669. The van der Waals surface area contributed by atoms with E-state index in [0.29, 0.717) is 17.5 Å². The van der Waals surface area contributed by atoms with Crippen molar-refractivity contribution in [3.63, 3.8) is 0 Å². The molecule has 0 aliphatic carbocycles. The van der Waals surface area contributed by atoms with Crippen molar-refractivity contribution in [3.05, 3.63) is 169 Å². The number of nitrogens with zero attached hydrogens (tertiary/aromatic N) is 4. The van der Waals surface area contributed by atoms with Gasteiger partial charge in [0.15, 0.2) is 17.5 Å². The van der Waals surface area contributed by atoms with Gasteiger partial charge in [-0.25, -0.2) is 15.0 Å². The highest BCUT2D eigenvalue weighted by Crippen LogP contribution is 2.41. The SMILES string of the molecule is CCCCc1ccc2oc3c(-c4ccc5c6ccccc6n(-c6ccccc6-c6nc(-c7ccccc7)nc(-c7ccccc7)n6)c5c4)cccc3c2c1. The van der Waals surface area contributed by atoms with Crippen molar-refractivity contribution in [2.75, 3.05) is 0 Å². The Bertz CT molecular complexity index is 2920. The Morgan fingerprint density at radius 2 is 1.13 bits per heavy atom. The fraction of sp³-hybridized carbons (Fsp3) is 0.0816. The van der Waals surface area contributed by atoms with Gasteiger partial charge in [-0.2, -0.15) is 0 Å². The molecular weight excluding hydrogens is 661 g/mol. The van der Waals surface area contributed by atoms with E-state index in [9.17, 15) is 0 Å². The molecule has 0 bridgehead atoms. The highest BCUT2D eigenvalue weighted by Gasteiger charge is 2.20. The number of para-hydroxylation sites is 3. The van der Waals surface area contributed by atoms with Crippen LogP contribution in [0.4, 0.5) is 0 Å². The van der Waals surface area contributed by atoms with Crippen molar-refractivity contribution in [2.45, 2.75) is 26.2 Å². The van der Waals surface area contributed by atoms with Crippen molar-refractivity contribution < 1.29 is 4.42 Å². The van der Waals surface area contributed by atoms with E-state index in [4.69, 9.17) is 19.4 Å². The Balaban J connectivity index is 1.18. The molecule has 0 saturated carbocycles. The second kappa shape index (κ2) is 13.3. The van der Waals surface area contributed by atoms with Crippen LogP contribution in [-0.2, 0) is 6.42 Å². The number of fused-ring (bicyclic) bond motifs is 6. The minimum atomic E-state index is 0.616. The Labute approximate surface area is 313 Å². The van der Waals surface area contributed by atoms with Crippen LogP contribution in [0.1, 0.15) is 25.3 Å². The normalized spacial score (nSPS) is 11.6. The number of benzene rings is 7. The quantitative estimate of drug-likeness (QED) is 0.159. The Morgan fingerprint density at radius 3 is 1.91 bits per heavy atom. The average molecular weight is 697 g/mol. The number of hydrogen-bond donors (Lipinski definition) is 0. The third kappa shape index (κ3) is 5.44. The molecule has 54 heavy (non-hydrogen) atoms. The van der Waals surface area contributed by atoms with Gasteiger partial charge in [-0.15, -0.1) is 0 Å². The van der Waals surface area contributed by atoms with Crippen LogP contribution in [0.5, 0.6) is 0 Å². The molecule has 0 unspecified atom stereocenters. The molecule has 5 nitrogen and oxygen atoms in total. The largest absolute Gasteiger partial charge is 0.455 e. The average Bonchev–Trinajstić information content (AvgIpc) is 3.78. The van der Waals surface area contributed by atoms with Gasteiger partial charge in [-0.1, -0.05) is 141 Å². The van der Waals surface area contributed by atoms with Gasteiger partial charge in [0.2, 0.25) is 0 Å². The third-order valence-corrected chi connectivity index (χ3v) is 10.5. The minimum absolute atomic E-state index is 0.616. The first-order valence-corrected chi connectivity index (χ1v) is 18.7. The van der Waals surface area contributed by atoms with Gasteiger partial charge in [0.1, 0.15) is 11.2 Å². The topological polar surface area (TPSA) is 56.7 Å². The molecule has 0 atom stereocenters. The summed E-state index contributed by atoms with van der Waals surface area (Å²) in [5.74, 6) is 1.89.